The van der Waals surface area contributed by atoms with Crippen LogP contribution in [-0.4, -0.2) is 36.0 Å². The van der Waals surface area contributed by atoms with E-state index in [4.69, 9.17) is 0 Å². The van der Waals surface area contributed by atoms with E-state index in [1.54, 1.807) is 6.20 Å². The van der Waals surface area contributed by atoms with E-state index in [2.05, 4.69) is 20.5 Å². The molecule has 7 nitrogen and oxygen atoms in total. The summed E-state index contributed by atoms with van der Waals surface area (Å²) < 4.78 is 3.84. The first-order chi connectivity index (χ1) is 15.0. The fraction of sp³-hybridized carbons (Fsp3) is 0.217. The maximum atomic E-state index is 12.8. The summed E-state index contributed by atoms with van der Waals surface area (Å²) in [6, 6.07) is 17.6. The van der Waals surface area contributed by atoms with Crippen LogP contribution in [0.25, 0.3) is 11.4 Å². The Kier molecular flexibility index (Phi) is 6.18. The zero-order valence-corrected chi connectivity index (χ0v) is 18.5. The first kappa shape index (κ1) is 20.9. The van der Waals surface area contributed by atoms with E-state index >= 15 is 0 Å². The lowest BCUT2D eigenvalue weighted by atomic mass is 10.1. The van der Waals surface area contributed by atoms with Crippen molar-refractivity contribution in [3.8, 4) is 11.4 Å². The van der Waals surface area contributed by atoms with Crippen LogP contribution >= 0.6 is 11.8 Å². The molecule has 2 aromatic heterocycles. The van der Waals surface area contributed by atoms with Crippen molar-refractivity contribution in [1.82, 2.24) is 29.6 Å². The Bertz CT molecular complexity index is 1180. The highest BCUT2D eigenvalue weighted by molar-refractivity contribution is 7.99. The van der Waals surface area contributed by atoms with Crippen molar-refractivity contribution in [3.63, 3.8) is 0 Å². The number of rotatable bonds is 7. The van der Waals surface area contributed by atoms with Crippen LogP contribution in [0.5, 0.6) is 0 Å². The second-order valence-electron chi connectivity index (χ2n) is 7.28. The molecule has 8 heteroatoms. The average Bonchev–Trinajstić information content (AvgIpc) is 3.37. The number of hydrogen-bond acceptors (Lipinski definition) is 5. The predicted molar refractivity (Wildman–Crippen MR) is 122 cm³/mol. The predicted octanol–water partition coefficient (Wildman–Crippen LogP) is 3.52. The van der Waals surface area contributed by atoms with Gasteiger partial charge < -0.3 is 14.5 Å². The molecule has 1 amide bonds. The monoisotopic (exact) mass is 432 g/mol. The SMILES string of the molecule is Cc1ccccc1-c1nnc(SCC(=O)NC(c2ccccc2)c2nccn2C)n1C. The average molecular weight is 433 g/mol. The zero-order chi connectivity index (χ0) is 21.8. The van der Waals surface area contributed by atoms with Gasteiger partial charge in [0.2, 0.25) is 5.91 Å². The Labute approximate surface area is 185 Å². The lowest BCUT2D eigenvalue weighted by Crippen LogP contribution is -2.32. The van der Waals surface area contributed by atoms with Crippen LogP contribution in [0.4, 0.5) is 0 Å². The summed E-state index contributed by atoms with van der Waals surface area (Å²) in [7, 11) is 3.84. The Morgan fingerprint density at radius 1 is 1.06 bits per heavy atom. The van der Waals surface area contributed by atoms with Gasteiger partial charge in [0, 0.05) is 32.1 Å². The summed E-state index contributed by atoms with van der Waals surface area (Å²) >= 11 is 1.37. The van der Waals surface area contributed by atoms with Crippen molar-refractivity contribution in [3.05, 3.63) is 83.9 Å². The molecule has 0 saturated carbocycles. The summed E-state index contributed by atoms with van der Waals surface area (Å²) in [6.45, 7) is 2.05. The first-order valence-corrected chi connectivity index (χ1v) is 10.9. The molecule has 2 aromatic carbocycles. The molecule has 4 rings (SSSR count). The number of benzene rings is 2. The third-order valence-corrected chi connectivity index (χ3v) is 6.13. The van der Waals surface area contributed by atoms with E-state index in [1.807, 2.05) is 90.9 Å². The molecule has 1 atom stereocenters. The third kappa shape index (κ3) is 4.54. The lowest BCUT2D eigenvalue weighted by Gasteiger charge is -2.19. The van der Waals surface area contributed by atoms with Gasteiger partial charge in [-0.25, -0.2) is 4.98 Å². The van der Waals surface area contributed by atoms with Gasteiger partial charge in [-0.15, -0.1) is 10.2 Å². The van der Waals surface area contributed by atoms with Gasteiger partial charge in [-0.2, -0.15) is 0 Å². The third-order valence-electron chi connectivity index (χ3n) is 5.11. The maximum absolute atomic E-state index is 12.8. The maximum Gasteiger partial charge on any atom is 0.231 e. The molecule has 0 aliphatic heterocycles. The van der Waals surface area contributed by atoms with Gasteiger partial charge in [0.15, 0.2) is 11.0 Å². The van der Waals surface area contributed by atoms with Crippen LogP contribution in [-0.2, 0) is 18.9 Å². The highest BCUT2D eigenvalue weighted by atomic mass is 32.2. The summed E-state index contributed by atoms with van der Waals surface area (Å²) in [5.41, 5.74) is 3.15. The lowest BCUT2D eigenvalue weighted by molar-refractivity contribution is -0.119. The number of amides is 1. The van der Waals surface area contributed by atoms with Crippen LogP contribution in [0.15, 0.2) is 72.1 Å². The number of aromatic nitrogens is 5. The quantitative estimate of drug-likeness (QED) is 0.452. The van der Waals surface area contributed by atoms with Gasteiger partial charge in [0.1, 0.15) is 11.9 Å². The van der Waals surface area contributed by atoms with Crippen LogP contribution in [0, 0.1) is 6.92 Å². The molecule has 0 fully saturated rings. The van der Waals surface area contributed by atoms with E-state index in [9.17, 15) is 4.79 Å². The second-order valence-corrected chi connectivity index (χ2v) is 8.22. The Balaban J connectivity index is 1.47. The molecule has 0 bridgehead atoms. The van der Waals surface area contributed by atoms with Crippen molar-refractivity contribution in [1.29, 1.82) is 0 Å². The minimum atomic E-state index is -0.323. The van der Waals surface area contributed by atoms with Crippen molar-refractivity contribution in [2.24, 2.45) is 14.1 Å². The first-order valence-electron chi connectivity index (χ1n) is 9.94. The van der Waals surface area contributed by atoms with Gasteiger partial charge in [0.05, 0.1) is 5.75 Å². The minimum Gasteiger partial charge on any atom is -0.341 e. The van der Waals surface area contributed by atoms with E-state index in [-0.39, 0.29) is 17.7 Å². The smallest absolute Gasteiger partial charge is 0.231 e. The highest BCUT2D eigenvalue weighted by Crippen LogP contribution is 2.25. The number of carbonyl (C=O) groups excluding carboxylic acids is 1. The van der Waals surface area contributed by atoms with Gasteiger partial charge in [-0.1, -0.05) is 66.4 Å². The van der Waals surface area contributed by atoms with Crippen molar-refractivity contribution in [2.75, 3.05) is 5.75 Å². The zero-order valence-electron chi connectivity index (χ0n) is 17.7. The summed E-state index contributed by atoms with van der Waals surface area (Å²) in [4.78, 5) is 17.3. The Morgan fingerprint density at radius 2 is 1.81 bits per heavy atom. The summed E-state index contributed by atoms with van der Waals surface area (Å²) in [5.74, 6) is 1.71. The van der Waals surface area contributed by atoms with E-state index in [1.165, 1.54) is 11.8 Å². The Morgan fingerprint density at radius 3 is 2.52 bits per heavy atom. The summed E-state index contributed by atoms with van der Waals surface area (Å²) in [6.07, 6.45) is 3.61. The molecule has 0 spiro atoms. The van der Waals surface area contributed by atoms with E-state index in [0.717, 1.165) is 28.3 Å². The molecule has 0 aliphatic rings. The summed E-state index contributed by atoms with van der Waals surface area (Å²) in [5, 5.41) is 12.4. The number of nitrogens with one attached hydrogen (secondary N) is 1. The second kappa shape index (κ2) is 9.18. The molecule has 0 radical (unpaired) electrons. The topological polar surface area (TPSA) is 77.6 Å². The standard InChI is InChI=1S/C23H24N6OS/c1-16-9-7-8-12-18(16)21-26-27-23(29(21)3)31-15-19(30)25-20(17-10-5-4-6-11-17)22-24-13-14-28(22)2/h4-14,20H,15H2,1-3H3,(H,25,30). The van der Waals surface area contributed by atoms with Crippen molar-refractivity contribution >= 4 is 17.7 Å². The fourth-order valence-electron chi connectivity index (χ4n) is 3.43. The van der Waals surface area contributed by atoms with Gasteiger partial charge >= 0.3 is 0 Å². The number of hydrogen-bond donors (Lipinski definition) is 1. The Hall–Kier alpha value is -3.39. The molecule has 1 N–H and O–H groups in total. The van der Waals surface area contributed by atoms with Crippen LogP contribution in [0.2, 0.25) is 0 Å². The highest BCUT2D eigenvalue weighted by Gasteiger charge is 2.21. The molecule has 2 heterocycles. The molecule has 0 saturated heterocycles. The number of nitrogens with zero attached hydrogens (tertiary/aromatic N) is 5. The van der Waals surface area contributed by atoms with Crippen LogP contribution < -0.4 is 5.32 Å². The number of thioether (sulfide) groups is 1. The number of aryl methyl sites for hydroxylation is 2. The van der Waals surface area contributed by atoms with Gasteiger partial charge in [0.25, 0.3) is 0 Å². The van der Waals surface area contributed by atoms with E-state index in [0.29, 0.717) is 5.16 Å². The largest absolute Gasteiger partial charge is 0.341 e. The fourth-order valence-corrected chi connectivity index (χ4v) is 4.15. The molecule has 1 unspecified atom stereocenters. The molecule has 4 aromatic rings. The molecule has 0 aliphatic carbocycles. The normalized spacial score (nSPS) is 12.0. The minimum absolute atomic E-state index is 0.0951. The molecule has 158 valence electrons. The van der Waals surface area contributed by atoms with Crippen LogP contribution in [0.3, 0.4) is 0 Å². The van der Waals surface area contributed by atoms with E-state index < -0.39 is 0 Å². The van der Waals surface area contributed by atoms with Crippen molar-refractivity contribution in [2.45, 2.75) is 18.1 Å². The van der Waals surface area contributed by atoms with Crippen LogP contribution in [0.1, 0.15) is 23.0 Å². The van der Waals surface area contributed by atoms with Gasteiger partial charge in [-0.05, 0) is 18.1 Å². The number of imidazole rings is 1. The molecule has 31 heavy (non-hydrogen) atoms. The van der Waals surface area contributed by atoms with Crippen molar-refractivity contribution < 1.29 is 4.79 Å². The molecular weight excluding hydrogens is 408 g/mol. The molecular formula is C23H24N6OS. The van der Waals surface area contributed by atoms with Gasteiger partial charge in [-0.3, -0.25) is 4.79 Å². The number of carbonyl (C=O) groups is 1.